The molecule has 2 saturated heterocycles. The van der Waals surface area contributed by atoms with Gasteiger partial charge in [-0.2, -0.15) is 0 Å². The molecule has 4 aromatic carbocycles. The van der Waals surface area contributed by atoms with Crippen LogP contribution in [0.5, 0.6) is 0 Å². The summed E-state index contributed by atoms with van der Waals surface area (Å²) in [6.07, 6.45) is 4.90. The zero-order valence-electron chi connectivity index (χ0n) is 31.8. The first-order valence-electron chi connectivity index (χ1n) is 19.5. The SMILES string of the molecule is CCc1nc(CC(CN2CCC2)c2ccccc2)c2cccc(C(N)=O)c2n1.Cc1nc(CC(CN2CCC2)c2ccccc2)c2cccc(C(N)=O)c2n1. The van der Waals surface area contributed by atoms with Gasteiger partial charge < -0.3 is 21.3 Å². The average Bonchev–Trinajstić information content (AvgIpc) is 3.16. The lowest BCUT2D eigenvalue weighted by Gasteiger charge is -2.34. The first kappa shape index (κ1) is 37.7. The van der Waals surface area contributed by atoms with Crippen molar-refractivity contribution in [3.05, 3.63) is 142 Å². The Morgan fingerprint density at radius 3 is 1.47 bits per heavy atom. The molecule has 2 atom stereocenters. The van der Waals surface area contributed by atoms with E-state index in [1.165, 1.54) is 50.1 Å². The van der Waals surface area contributed by atoms with Crippen LogP contribution in [0.2, 0.25) is 0 Å². The number of primary amides is 2. The maximum absolute atomic E-state index is 11.9. The number of likely N-dealkylation sites (tertiary alicyclic amines) is 2. The first-order valence-corrected chi connectivity index (χ1v) is 19.5. The lowest BCUT2D eigenvalue weighted by atomic mass is 9.91. The van der Waals surface area contributed by atoms with Gasteiger partial charge in [-0.25, -0.2) is 19.9 Å². The Hall–Kier alpha value is -5.58. The van der Waals surface area contributed by atoms with Gasteiger partial charge in [0.05, 0.1) is 33.5 Å². The van der Waals surface area contributed by atoms with E-state index in [2.05, 4.69) is 74.4 Å². The van der Waals surface area contributed by atoms with Crippen LogP contribution in [-0.4, -0.2) is 80.8 Å². The van der Waals surface area contributed by atoms with Crippen molar-refractivity contribution in [3.8, 4) is 0 Å². The maximum atomic E-state index is 11.9. The number of benzene rings is 4. The number of aromatic nitrogens is 4. The summed E-state index contributed by atoms with van der Waals surface area (Å²) < 4.78 is 0. The van der Waals surface area contributed by atoms with Crippen LogP contribution in [-0.2, 0) is 19.3 Å². The van der Waals surface area contributed by atoms with Crippen LogP contribution in [0, 0.1) is 6.92 Å². The zero-order chi connectivity index (χ0) is 38.3. The van der Waals surface area contributed by atoms with Crippen molar-refractivity contribution in [2.45, 2.75) is 57.8 Å². The number of carbonyl (C=O) groups excluding carboxylic acids is 2. The Labute approximate surface area is 323 Å². The van der Waals surface area contributed by atoms with E-state index in [0.717, 1.165) is 60.3 Å². The molecule has 55 heavy (non-hydrogen) atoms. The summed E-state index contributed by atoms with van der Waals surface area (Å²) in [4.78, 5) is 47.4. The van der Waals surface area contributed by atoms with Crippen LogP contribution < -0.4 is 11.5 Å². The Balaban J connectivity index is 0.000000169. The molecule has 0 radical (unpaired) electrons. The normalized spacial score (nSPS) is 15.4. The topological polar surface area (TPSA) is 144 Å². The molecule has 282 valence electrons. The van der Waals surface area contributed by atoms with Crippen molar-refractivity contribution in [2.75, 3.05) is 39.3 Å². The molecule has 2 fully saturated rings. The number of para-hydroxylation sites is 2. The van der Waals surface area contributed by atoms with E-state index >= 15 is 0 Å². The van der Waals surface area contributed by atoms with Gasteiger partial charge in [-0.1, -0.05) is 91.9 Å². The monoisotopic (exact) mass is 734 g/mol. The average molecular weight is 735 g/mol. The van der Waals surface area contributed by atoms with Gasteiger partial charge in [0.15, 0.2) is 0 Å². The standard InChI is InChI=1S/C23H26N4O.C22H24N4O/c1-2-21-25-20(18-10-6-11-19(23(24)28)22(18)26-21)14-17(15-27-12-7-13-27)16-8-4-3-5-9-16;1-15-24-20(18-9-5-10-19(22(23)27)21(18)25-15)13-17(14-26-11-6-12-26)16-7-3-2-4-8-16/h3-6,8-11,17H,2,7,12-15H2,1H3,(H2,24,28);2-5,7-10,17H,6,11-14H2,1H3,(H2,23,27). The smallest absolute Gasteiger partial charge is 0.250 e. The molecule has 10 nitrogen and oxygen atoms in total. The van der Waals surface area contributed by atoms with Crippen LogP contribution in [0.1, 0.15) is 86.5 Å². The minimum atomic E-state index is -0.454. The minimum absolute atomic E-state index is 0.348. The summed E-state index contributed by atoms with van der Waals surface area (Å²) >= 11 is 0. The fraction of sp³-hybridized carbons (Fsp3) is 0.333. The van der Waals surface area contributed by atoms with Crippen LogP contribution in [0.15, 0.2) is 97.1 Å². The minimum Gasteiger partial charge on any atom is -0.366 e. The third-order valence-electron chi connectivity index (χ3n) is 10.9. The van der Waals surface area contributed by atoms with E-state index in [9.17, 15) is 9.59 Å². The molecule has 4 heterocycles. The van der Waals surface area contributed by atoms with Gasteiger partial charge >= 0.3 is 0 Å². The second-order valence-electron chi connectivity index (χ2n) is 14.7. The van der Waals surface area contributed by atoms with E-state index in [1.54, 1.807) is 12.1 Å². The number of nitrogens with two attached hydrogens (primary N) is 2. The Morgan fingerprint density at radius 1 is 0.600 bits per heavy atom. The summed E-state index contributed by atoms with van der Waals surface area (Å²) in [5, 5.41) is 1.85. The molecule has 2 aliphatic heterocycles. The number of hydrogen-bond donors (Lipinski definition) is 2. The predicted octanol–water partition coefficient (Wildman–Crippen LogP) is 6.39. The lowest BCUT2D eigenvalue weighted by Crippen LogP contribution is -2.40. The van der Waals surface area contributed by atoms with Gasteiger partial charge in [-0.15, -0.1) is 0 Å². The summed E-state index contributed by atoms with van der Waals surface area (Å²) in [6.45, 7) is 10.6. The van der Waals surface area contributed by atoms with Gasteiger partial charge in [0.2, 0.25) is 0 Å². The summed E-state index contributed by atoms with van der Waals surface area (Å²) in [5.74, 6) is 1.22. The molecule has 0 bridgehead atoms. The van der Waals surface area contributed by atoms with Gasteiger partial charge in [0.25, 0.3) is 11.8 Å². The quantitative estimate of drug-likeness (QED) is 0.139. The maximum Gasteiger partial charge on any atom is 0.250 e. The molecule has 0 saturated carbocycles. The molecule has 2 unspecified atom stereocenters. The van der Waals surface area contributed by atoms with Gasteiger partial charge in [0.1, 0.15) is 11.6 Å². The van der Waals surface area contributed by atoms with Crippen LogP contribution in [0.4, 0.5) is 0 Å². The highest BCUT2D eigenvalue weighted by atomic mass is 16.1. The fourth-order valence-corrected chi connectivity index (χ4v) is 7.72. The second-order valence-corrected chi connectivity index (χ2v) is 14.7. The summed E-state index contributed by atoms with van der Waals surface area (Å²) in [5.41, 5.74) is 18.0. The molecular weight excluding hydrogens is 685 g/mol. The molecule has 0 aliphatic carbocycles. The molecule has 2 aromatic heterocycles. The van der Waals surface area contributed by atoms with Gasteiger partial charge in [-0.3, -0.25) is 9.59 Å². The van der Waals surface area contributed by atoms with E-state index in [-0.39, 0.29) is 0 Å². The summed E-state index contributed by atoms with van der Waals surface area (Å²) in [7, 11) is 0. The van der Waals surface area contributed by atoms with Gasteiger partial charge in [-0.05, 0) is 82.0 Å². The van der Waals surface area contributed by atoms with Crippen molar-refractivity contribution in [1.82, 2.24) is 29.7 Å². The summed E-state index contributed by atoms with van der Waals surface area (Å²) in [6, 6.07) is 32.4. The molecule has 2 aliphatic rings. The molecule has 10 heteroatoms. The number of hydrogen-bond acceptors (Lipinski definition) is 8. The van der Waals surface area contributed by atoms with Crippen molar-refractivity contribution >= 4 is 33.6 Å². The van der Waals surface area contributed by atoms with Crippen LogP contribution in [0.3, 0.4) is 0 Å². The highest BCUT2D eigenvalue weighted by molar-refractivity contribution is 6.06. The molecule has 0 spiro atoms. The number of rotatable bonds is 13. The van der Waals surface area contributed by atoms with Crippen molar-refractivity contribution in [2.24, 2.45) is 11.5 Å². The van der Waals surface area contributed by atoms with Crippen molar-refractivity contribution in [3.63, 3.8) is 0 Å². The zero-order valence-corrected chi connectivity index (χ0v) is 31.8. The number of fused-ring (bicyclic) bond motifs is 2. The molecular formula is C45H50N8O2. The second kappa shape index (κ2) is 17.3. The Bertz CT molecular complexity index is 2270. The van der Waals surface area contributed by atoms with Crippen molar-refractivity contribution in [1.29, 1.82) is 0 Å². The highest BCUT2D eigenvalue weighted by Gasteiger charge is 2.25. The number of carbonyl (C=O) groups is 2. The Morgan fingerprint density at radius 2 is 1.05 bits per heavy atom. The van der Waals surface area contributed by atoms with E-state index in [1.807, 2.05) is 44.2 Å². The molecule has 8 rings (SSSR count). The van der Waals surface area contributed by atoms with E-state index < -0.39 is 11.8 Å². The number of aryl methyl sites for hydroxylation is 2. The lowest BCUT2D eigenvalue weighted by molar-refractivity contribution is 0.0993. The van der Waals surface area contributed by atoms with E-state index in [0.29, 0.717) is 39.8 Å². The van der Waals surface area contributed by atoms with Crippen LogP contribution >= 0.6 is 0 Å². The first-order chi connectivity index (χ1) is 26.8. The third kappa shape index (κ3) is 8.88. The predicted molar refractivity (Wildman–Crippen MR) is 218 cm³/mol. The number of nitrogens with zero attached hydrogens (tertiary/aromatic N) is 6. The number of amides is 2. The molecule has 2 amide bonds. The Kier molecular flexibility index (Phi) is 11.8. The molecule has 6 aromatic rings. The fourth-order valence-electron chi connectivity index (χ4n) is 7.72. The van der Waals surface area contributed by atoms with E-state index in [4.69, 9.17) is 21.4 Å². The molecule has 4 N–H and O–H groups in total. The van der Waals surface area contributed by atoms with Crippen LogP contribution in [0.25, 0.3) is 21.8 Å². The van der Waals surface area contributed by atoms with Gasteiger partial charge in [0, 0.05) is 42.1 Å². The van der Waals surface area contributed by atoms with Crippen molar-refractivity contribution < 1.29 is 9.59 Å². The third-order valence-corrected chi connectivity index (χ3v) is 10.9. The highest BCUT2D eigenvalue weighted by Crippen LogP contribution is 2.30. The largest absolute Gasteiger partial charge is 0.366 e.